The van der Waals surface area contributed by atoms with Gasteiger partial charge in [0.15, 0.2) is 0 Å². The summed E-state index contributed by atoms with van der Waals surface area (Å²) in [7, 11) is 1.59. The first-order valence-corrected chi connectivity index (χ1v) is 8.02. The Labute approximate surface area is 126 Å². The number of nitrogens with zero attached hydrogens (tertiary/aromatic N) is 2. The van der Waals surface area contributed by atoms with Crippen LogP contribution in [0.1, 0.15) is 50.4 Å². The van der Waals surface area contributed by atoms with Gasteiger partial charge in [-0.2, -0.15) is 0 Å². The summed E-state index contributed by atoms with van der Waals surface area (Å²) in [6.07, 6.45) is 1.82. The van der Waals surface area contributed by atoms with Gasteiger partial charge in [0.05, 0.1) is 6.19 Å². The minimum absolute atomic E-state index is 0.138. The lowest BCUT2D eigenvalue weighted by Gasteiger charge is -2.34. The van der Waals surface area contributed by atoms with E-state index in [0.29, 0.717) is 12.3 Å². The predicted octanol–water partition coefficient (Wildman–Crippen LogP) is 2.42. The van der Waals surface area contributed by atoms with Crippen molar-refractivity contribution in [1.29, 1.82) is 0 Å². The molecule has 0 bridgehead atoms. The number of aryl methyl sites for hydroxylation is 1. The van der Waals surface area contributed by atoms with Gasteiger partial charge in [0.1, 0.15) is 11.1 Å². The highest BCUT2D eigenvalue weighted by molar-refractivity contribution is 7.09. The molecule has 20 heavy (non-hydrogen) atoms. The monoisotopic (exact) mass is 295 g/mol. The predicted molar refractivity (Wildman–Crippen MR) is 84.6 cm³/mol. The van der Waals surface area contributed by atoms with Crippen LogP contribution < -0.4 is 0 Å². The summed E-state index contributed by atoms with van der Waals surface area (Å²) in [5.41, 5.74) is 0.940. The Morgan fingerprint density at radius 2 is 2.25 bits per heavy atom. The molecule has 0 saturated carbocycles. The third-order valence-corrected chi connectivity index (χ3v) is 4.38. The highest BCUT2D eigenvalue weighted by atomic mass is 32.1. The van der Waals surface area contributed by atoms with Crippen LogP contribution in [0.15, 0.2) is 5.38 Å². The van der Waals surface area contributed by atoms with Gasteiger partial charge in [-0.1, -0.05) is 20.8 Å². The van der Waals surface area contributed by atoms with Crippen molar-refractivity contribution in [3.05, 3.63) is 16.1 Å². The molecule has 0 aliphatic carbocycles. The second-order valence-electron chi connectivity index (χ2n) is 5.41. The van der Waals surface area contributed by atoms with E-state index in [1.165, 1.54) is 11.3 Å². The number of aliphatic hydroxyl groups is 1. The van der Waals surface area contributed by atoms with Crippen LogP contribution in [0.5, 0.6) is 0 Å². The number of carbonyl (C=O) groups is 1. The molecular weight excluding hydrogens is 271 g/mol. The van der Waals surface area contributed by atoms with Gasteiger partial charge < -0.3 is 14.7 Å². The van der Waals surface area contributed by atoms with E-state index >= 15 is 0 Å². The lowest BCUT2D eigenvalue weighted by atomic mass is 9.85. The van der Waals surface area contributed by atoms with Gasteiger partial charge >= 0.3 is 0 Å². The third-order valence-electron chi connectivity index (χ3n) is 3.32. The van der Waals surface area contributed by atoms with Gasteiger partial charge in [-0.15, -0.1) is 11.3 Å². The molecule has 1 heterocycles. The molecular formula is C14H24BN2O2S. The van der Waals surface area contributed by atoms with Crippen molar-refractivity contribution in [2.24, 2.45) is 5.92 Å². The van der Waals surface area contributed by atoms with Gasteiger partial charge in [-0.05, 0) is 32.2 Å². The number of hydrogen-bond donors (Lipinski definition) is 1. The second-order valence-corrected chi connectivity index (χ2v) is 6.30. The zero-order valence-corrected chi connectivity index (χ0v) is 13.6. The van der Waals surface area contributed by atoms with E-state index in [9.17, 15) is 9.90 Å². The molecule has 0 fully saturated rings. The summed E-state index contributed by atoms with van der Waals surface area (Å²) in [5, 5.41) is 13.1. The zero-order chi connectivity index (χ0) is 15.1. The highest BCUT2D eigenvalue weighted by Crippen LogP contribution is 2.26. The summed E-state index contributed by atoms with van der Waals surface area (Å²) < 4.78 is 0. The summed E-state index contributed by atoms with van der Waals surface area (Å²) in [6.45, 7) is 9.07. The maximum atomic E-state index is 10.8. The van der Waals surface area contributed by atoms with Gasteiger partial charge in [0.2, 0.25) is 0 Å². The number of thiazole rings is 1. The number of carbonyl (C=O) groups excluding carboxylic acids is 1. The Kier molecular flexibility index (Phi) is 7.41. The Morgan fingerprint density at radius 1 is 1.55 bits per heavy atom. The number of aromatic nitrogens is 1. The van der Waals surface area contributed by atoms with E-state index in [4.69, 9.17) is 0 Å². The largest absolute Gasteiger partial charge is 0.386 e. The first kappa shape index (κ1) is 17.3. The van der Waals surface area contributed by atoms with Crippen LogP contribution in [0.2, 0.25) is 0 Å². The fourth-order valence-electron chi connectivity index (χ4n) is 2.33. The van der Waals surface area contributed by atoms with Crippen LogP contribution >= 0.6 is 11.3 Å². The van der Waals surface area contributed by atoms with Crippen LogP contribution in [0.3, 0.4) is 0 Å². The van der Waals surface area contributed by atoms with Crippen LogP contribution in [0.4, 0.5) is 0 Å². The summed E-state index contributed by atoms with van der Waals surface area (Å²) in [4.78, 5) is 17.2. The molecule has 6 heteroatoms. The molecule has 0 spiro atoms. The normalized spacial score (nSPS) is 14.6. The minimum Gasteiger partial charge on any atom is -0.386 e. The standard InChI is InChI=1S/C14H24BN2O2S/c1-5-6-17(15-9-18)12(10(2)3)7-13(19)14-16-11(4)8-20-14/h8-10,12-13,19H,5-7H2,1-4H3/t12-,13-/m1/s1. The highest BCUT2D eigenvalue weighted by Gasteiger charge is 2.26. The fourth-order valence-corrected chi connectivity index (χ4v) is 3.13. The van der Waals surface area contributed by atoms with Gasteiger partial charge in [0.25, 0.3) is 7.41 Å². The van der Waals surface area contributed by atoms with E-state index in [2.05, 4.69) is 25.8 Å². The molecule has 0 aliphatic rings. The molecule has 4 nitrogen and oxygen atoms in total. The Hall–Kier alpha value is -0.715. The van der Waals surface area contributed by atoms with E-state index in [1.807, 2.05) is 17.1 Å². The fraction of sp³-hybridized carbons (Fsp3) is 0.714. The Bertz CT molecular complexity index is 412. The van der Waals surface area contributed by atoms with Gasteiger partial charge in [-0.25, -0.2) is 4.98 Å². The van der Waals surface area contributed by atoms with Crippen molar-refractivity contribution in [2.45, 2.75) is 52.7 Å². The van der Waals surface area contributed by atoms with Gasteiger partial charge in [-0.3, -0.25) is 0 Å². The molecule has 111 valence electrons. The van der Waals surface area contributed by atoms with Crippen molar-refractivity contribution in [3.8, 4) is 0 Å². The van der Waals surface area contributed by atoms with Crippen molar-refractivity contribution < 1.29 is 9.90 Å². The first-order chi connectivity index (χ1) is 9.49. The third kappa shape index (κ3) is 5.00. The lowest BCUT2D eigenvalue weighted by molar-refractivity contribution is 0.115. The van der Waals surface area contributed by atoms with Crippen molar-refractivity contribution in [3.63, 3.8) is 0 Å². The number of aliphatic hydroxyl groups excluding tert-OH is 1. The summed E-state index contributed by atoms with van der Waals surface area (Å²) in [6, 6.07) is 0.138. The van der Waals surface area contributed by atoms with Crippen LogP contribution in [0.25, 0.3) is 0 Å². The molecule has 0 aromatic carbocycles. The molecule has 1 rings (SSSR count). The topological polar surface area (TPSA) is 53.4 Å². The van der Waals surface area contributed by atoms with E-state index in [-0.39, 0.29) is 6.04 Å². The maximum Gasteiger partial charge on any atom is 0.293 e. The molecule has 1 aromatic heterocycles. The van der Waals surface area contributed by atoms with Crippen molar-refractivity contribution in [2.75, 3.05) is 6.54 Å². The smallest absolute Gasteiger partial charge is 0.293 e. The Balaban J connectivity index is 2.76. The molecule has 0 aliphatic heterocycles. The molecule has 0 saturated heterocycles. The van der Waals surface area contributed by atoms with E-state index in [0.717, 1.165) is 29.9 Å². The van der Waals surface area contributed by atoms with E-state index in [1.54, 1.807) is 7.41 Å². The second kappa shape index (κ2) is 8.54. The number of hydrogen-bond acceptors (Lipinski definition) is 5. The molecule has 2 atom stereocenters. The summed E-state index contributed by atoms with van der Waals surface area (Å²) in [5.74, 6) is 0.355. The van der Waals surface area contributed by atoms with Gasteiger partial charge in [0, 0.05) is 17.1 Å². The minimum atomic E-state index is -0.569. The lowest BCUT2D eigenvalue weighted by Crippen LogP contribution is -2.43. The Morgan fingerprint density at radius 3 is 2.70 bits per heavy atom. The first-order valence-electron chi connectivity index (χ1n) is 7.14. The molecule has 1 N–H and O–H groups in total. The average Bonchev–Trinajstić information content (AvgIpc) is 2.82. The quantitative estimate of drug-likeness (QED) is 0.561. The van der Waals surface area contributed by atoms with Crippen LogP contribution in [-0.4, -0.2) is 41.1 Å². The number of rotatable bonds is 9. The molecule has 1 aromatic rings. The molecule has 0 unspecified atom stereocenters. The molecule has 1 radical (unpaired) electrons. The van der Waals surface area contributed by atoms with Crippen LogP contribution in [0, 0.1) is 12.8 Å². The maximum absolute atomic E-state index is 10.8. The summed E-state index contributed by atoms with van der Waals surface area (Å²) >= 11 is 1.49. The molecule has 0 amide bonds. The van der Waals surface area contributed by atoms with Crippen LogP contribution in [-0.2, 0) is 4.79 Å². The van der Waals surface area contributed by atoms with Crippen molar-refractivity contribution >= 4 is 24.9 Å². The zero-order valence-electron chi connectivity index (χ0n) is 12.7. The van der Waals surface area contributed by atoms with E-state index < -0.39 is 6.10 Å². The average molecular weight is 295 g/mol. The SMILES string of the molecule is CCCN([B]C=O)[C@H](C[C@@H](O)c1nc(C)cs1)C(C)C. The van der Waals surface area contributed by atoms with Crippen molar-refractivity contribution in [1.82, 2.24) is 9.79 Å².